The molecule has 2 rings (SSSR count). The van der Waals surface area contributed by atoms with Crippen molar-refractivity contribution in [3.8, 4) is 0 Å². The molecule has 0 aromatic heterocycles. The van der Waals surface area contributed by atoms with Crippen molar-refractivity contribution in [3.05, 3.63) is 68.7 Å². The van der Waals surface area contributed by atoms with E-state index in [4.69, 9.17) is 34.8 Å². The first-order valence-electron chi connectivity index (χ1n) is 4.84. The van der Waals surface area contributed by atoms with Gasteiger partial charge in [0.15, 0.2) is 5.78 Å². The van der Waals surface area contributed by atoms with E-state index in [-0.39, 0.29) is 21.4 Å². The minimum atomic E-state index is -0.211. The van der Waals surface area contributed by atoms with E-state index in [9.17, 15) is 4.79 Å². The first kappa shape index (κ1) is 12.4. The molecular weight excluding hydrogens is 279 g/mol. The third-order valence-corrected chi connectivity index (χ3v) is 3.08. The fraction of sp³-hybridized carbons (Fsp3) is 0. The van der Waals surface area contributed by atoms with Crippen LogP contribution in [0.25, 0.3) is 0 Å². The molecule has 0 radical (unpaired) electrons. The second kappa shape index (κ2) is 5.09. The predicted molar refractivity (Wildman–Crippen MR) is 71.3 cm³/mol. The van der Waals surface area contributed by atoms with Gasteiger partial charge in [0.1, 0.15) is 0 Å². The molecule has 0 fully saturated rings. The molecule has 0 aliphatic heterocycles. The zero-order valence-electron chi connectivity index (χ0n) is 8.58. The van der Waals surface area contributed by atoms with Gasteiger partial charge in [0.2, 0.25) is 0 Å². The van der Waals surface area contributed by atoms with Gasteiger partial charge in [-0.25, -0.2) is 0 Å². The molecule has 2 aromatic carbocycles. The Morgan fingerprint density at radius 2 is 1.41 bits per heavy atom. The Balaban J connectivity index is 2.52. The third-order valence-electron chi connectivity index (χ3n) is 2.27. The van der Waals surface area contributed by atoms with Crippen LogP contribution in [0.2, 0.25) is 15.1 Å². The Morgan fingerprint density at radius 3 is 1.94 bits per heavy atom. The molecule has 1 nitrogen and oxygen atoms in total. The quantitative estimate of drug-likeness (QED) is 0.719. The second-order valence-corrected chi connectivity index (χ2v) is 4.69. The van der Waals surface area contributed by atoms with Gasteiger partial charge in [-0.15, -0.1) is 0 Å². The van der Waals surface area contributed by atoms with Gasteiger partial charge >= 0.3 is 0 Å². The van der Waals surface area contributed by atoms with E-state index in [0.29, 0.717) is 10.6 Å². The van der Waals surface area contributed by atoms with E-state index in [0.717, 1.165) is 0 Å². The molecule has 0 N–H and O–H groups in total. The SMILES string of the molecule is O=C(c1ccccc1)c1c(Cl)cc(Cl)cc1Cl. The zero-order chi connectivity index (χ0) is 12.4. The van der Waals surface area contributed by atoms with Crippen LogP contribution in [0, 0.1) is 0 Å². The highest BCUT2D eigenvalue weighted by Crippen LogP contribution is 2.30. The molecule has 0 spiro atoms. The van der Waals surface area contributed by atoms with Crippen LogP contribution in [-0.4, -0.2) is 5.78 Å². The zero-order valence-corrected chi connectivity index (χ0v) is 10.9. The number of hydrogen-bond acceptors (Lipinski definition) is 1. The fourth-order valence-corrected chi connectivity index (χ4v) is 2.48. The van der Waals surface area contributed by atoms with Gasteiger partial charge in [0.05, 0.1) is 15.6 Å². The highest BCUT2D eigenvalue weighted by Gasteiger charge is 2.17. The first-order chi connectivity index (χ1) is 8.09. The van der Waals surface area contributed by atoms with E-state index < -0.39 is 0 Å². The summed E-state index contributed by atoms with van der Waals surface area (Å²) in [4.78, 5) is 12.2. The maximum atomic E-state index is 12.2. The molecule has 0 heterocycles. The molecule has 0 atom stereocenters. The Kier molecular flexibility index (Phi) is 3.72. The normalized spacial score (nSPS) is 10.3. The van der Waals surface area contributed by atoms with Crippen LogP contribution in [0.5, 0.6) is 0 Å². The number of ketones is 1. The summed E-state index contributed by atoms with van der Waals surface area (Å²) in [6, 6.07) is 11.8. The van der Waals surface area contributed by atoms with Crippen LogP contribution in [0.3, 0.4) is 0 Å². The molecule has 86 valence electrons. The Labute approximate surface area is 114 Å². The molecule has 0 unspecified atom stereocenters. The lowest BCUT2D eigenvalue weighted by Crippen LogP contribution is -2.03. The molecule has 0 saturated carbocycles. The van der Waals surface area contributed by atoms with Crippen molar-refractivity contribution in [1.29, 1.82) is 0 Å². The van der Waals surface area contributed by atoms with Crippen molar-refractivity contribution >= 4 is 40.6 Å². The number of benzene rings is 2. The maximum absolute atomic E-state index is 12.2. The van der Waals surface area contributed by atoms with Crippen molar-refractivity contribution < 1.29 is 4.79 Å². The minimum absolute atomic E-state index is 0.211. The van der Waals surface area contributed by atoms with Crippen LogP contribution < -0.4 is 0 Å². The lowest BCUT2D eigenvalue weighted by atomic mass is 10.0. The topological polar surface area (TPSA) is 17.1 Å². The van der Waals surface area contributed by atoms with Gasteiger partial charge in [-0.3, -0.25) is 4.79 Å². The third kappa shape index (κ3) is 2.63. The molecule has 0 saturated heterocycles. The highest BCUT2D eigenvalue weighted by atomic mass is 35.5. The number of carbonyl (C=O) groups is 1. The van der Waals surface area contributed by atoms with Crippen molar-refractivity contribution in [2.75, 3.05) is 0 Å². The summed E-state index contributed by atoms with van der Waals surface area (Å²) in [6.07, 6.45) is 0. The van der Waals surface area contributed by atoms with Crippen molar-refractivity contribution in [2.24, 2.45) is 0 Å². The predicted octanol–water partition coefficient (Wildman–Crippen LogP) is 4.88. The summed E-state index contributed by atoms with van der Waals surface area (Å²) >= 11 is 17.8. The van der Waals surface area contributed by atoms with Gasteiger partial charge in [0, 0.05) is 10.6 Å². The fourth-order valence-electron chi connectivity index (χ4n) is 1.49. The molecule has 0 aliphatic carbocycles. The summed E-state index contributed by atoms with van der Waals surface area (Å²) in [5.41, 5.74) is 0.822. The molecule has 17 heavy (non-hydrogen) atoms. The summed E-state index contributed by atoms with van der Waals surface area (Å²) < 4.78 is 0. The average Bonchev–Trinajstić information content (AvgIpc) is 2.28. The molecule has 0 aliphatic rings. The number of rotatable bonds is 2. The standard InChI is InChI=1S/C13H7Cl3O/c14-9-6-10(15)12(11(16)7-9)13(17)8-4-2-1-3-5-8/h1-7H. The summed E-state index contributed by atoms with van der Waals surface area (Å²) in [5.74, 6) is -0.211. The van der Waals surface area contributed by atoms with Crippen LogP contribution in [0.1, 0.15) is 15.9 Å². The smallest absolute Gasteiger partial charge is 0.196 e. The van der Waals surface area contributed by atoms with Crippen LogP contribution in [0.4, 0.5) is 0 Å². The summed E-state index contributed by atoms with van der Waals surface area (Å²) in [5, 5.41) is 0.928. The van der Waals surface area contributed by atoms with Gasteiger partial charge in [-0.2, -0.15) is 0 Å². The second-order valence-electron chi connectivity index (χ2n) is 3.44. The first-order valence-corrected chi connectivity index (χ1v) is 5.97. The minimum Gasteiger partial charge on any atom is -0.288 e. The van der Waals surface area contributed by atoms with Crippen molar-refractivity contribution in [3.63, 3.8) is 0 Å². The maximum Gasteiger partial charge on any atom is 0.196 e. The lowest BCUT2D eigenvalue weighted by molar-refractivity contribution is 0.103. The van der Waals surface area contributed by atoms with E-state index in [1.165, 1.54) is 12.1 Å². The average molecular weight is 286 g/mol. The summed E-state index contributed by atoms with van der Waals surface area (Å²) in [7, 11) is 0. The number of halogens is 3. The molecule has 4 heteroatoms. The molecule has 0 amide bonds. The van der Waals surface area contributed by atoms with Crippen LogP contribution >= 0.6 is 34.8 Å². The highest BCUT2D eigenvalue weighted by molar-refractivity contribution is 6.43. The van der Waals surface area contributed by atoms with Gasteiger partial charge in [-0.05, 0) is 12.1 Å². The van der Waals surface area contributed by atoms with Crippen molar-refractivity contribution in [1.82, 2.24) is 0 Å². The van der Waals surface area contributed by atoms with E-state index in [2.05, 4.69) is 0 Å². The number of hydrogen-bond donors (Lipinski definition) is 0. The monoisotopic (exact) mass is 284 g/mol. The van der Waals surface area contributed by atoms with Gasteiger partial charge in [0.25, 0.3) is 0 Å². The Bertz CT molecular complexity index is 541. The van der Waals surface area contributed by atoms with E-state index in [1.54, 1.807) is 24.3 Å². The molecular formula is C13H7Cl3O. The lowest BCUT2D eigenvalue weighted by Gasteiger charge is -2.06. The molecule has 2 aromatic rings. The van der Waals surface area contributed by atoms with Gasteiger partial charge in [-0.1, -0.05) is 65.1 Å². The summed E-state index contributed by atoms with van der Waals surface area (Å²) in [6.45, 7) is 0. The van der Waals surface area contributed by atoms with Crippen LogP contribution in [-0.2, 0) is 0 Å². The number of carbonyl (C=O) groups excluding carboxylic acids is 1. The van der Waals surface area contributed by atoms with Crippen molar-refractivity contribution in [2.45, 2.75) is 0 Å². The van der Waals surface area contributed by atoms with E-state index >= 15 is 0 Å². The van der Waals surface area contributed by atoms with Crippen LogP contribution in [0.15, 0.2) is 42.5 Å². The largest absolute Gasteiger partial charge is 0.288 e. The molecule has 0 bridgehead atoms. The van der Waals surface area contributed by atoms with E-state index in [1.807, 2.05) is 6.07 Å². The Morgan fingerprint density at radius 1 is 0.882 bits per heavy atom. The Hall–Kier alpha value is -1.02. The van der Waals surface area contributed by atoms with Gasteiger partial charge < -0.3 is 0 Å².